The van der Waals surface area contributed by atoms with Gasteiger partial charge in [-0.2, -0.15) is 0 Å². The maximum absolute atomic E-state index is 8.48. The topological polar surface area (TPSA) is 51.2 Å². The van der Waals surface area contributed by atoms with E-state index in [0.717, 1.165) is 19.6 Å². The highest BCUT2D eigenvalue weighted by atomic mass is 16.7. The number of hydrogen-bond acceptors (Lipinski definition) is 5. The van der Waals surface area contributed by atoms with Gasteiger partial charge in [-0.25, -0.2) is 0 Å². The van der Waals surface area contributed by atoms with Crippen LogP contribution < -0.4 is 0 Å². The molecular formula is C9H19NO4. The lowest BCUT2D eigenvalue weighted by Gasteiger charge is -2.47. The summed E-state index contributed by atoms with van der Waals surface area (Å²) in [4.78, 5) is 2.18. The number of hydrogen-bond donors (Lipinski definition) is 1. The Bertz CT molecular complexity index is 153. The van der Waals surface area contributed by atoms with Crippen molar-refractivity contribution in [3.05, 3.63) is 0 Å². The second kappa shape index (κ2) is 5.63. The molecule has 0 aliphatic carbocycles. The molecule has 0 bridgehead atoms. The Morgan fingerprint density at radius 3 is 2.36 bits per heavy atom. The Morgan fingerprint density at radius 1 is 1.21 bits per heavy atom. The summed E-state index contributed by atoms with van der Waals surface area (Å²) < 4.78 is 15.6. The molecule has 0 aromatic heterocycles. The van der Waals surface area contributed by atoms with Crippen molar-refractivity contribution in [3.63, 3.8) is 0 Å². The van der Waals surface area contributed by atoms with Gasteiger partial charge in [0.25, 0.3) is 0 Å². The first-order chi connectivity index (χ1) is 6.76. The molecule has 0 saturated carbocycles. The minimum atomic E-state index is -0.406. The summed E-state index contributed by atoms with van der Waals surface area (Å²) >= 11 is 0. The van der Waals surface area contributed by atoms with Crippen LogP contribution in [0.4, 0.5) is 0 Å². The quantitative estimate of drug-likeness (QED) is 0.440. The van der Waals surface area contributed by atoms with Crippen LogP contribution in [-0.2, 0) is 14.2 Å². The Kier molecular flexibility index (Phi) is 4.77. The van der Waals surface area contributed by atoms with Crippen molar-refractivity contribution < 1.29 is 19.3 Å². The molecule has 1 saturated heterocycles. The van der Waals surface area contributed by atoms with E-state index in [2.05, 4.69) is 4.90 Å². The number of likely N-dealkylation sites (tertiary alicyclic amines) is 1. The van der Waals surface area contributed by atoms with Crippen LogP contribution >= 0.6 is 0 Å². The Hall–Kier alpha value is -0.200. The summed E-state index contributed by atoms with van der Waals surface area (Å²) in [6, 6.07) is 0. The highest BCUT2D eigenvalue weighted by molar-refractivity contribution is 4.88. The van der Waals surface area contributed by atoms with Gasteiger partial charge in [-0.3, -0.25) is 4.90 Å². The predicted octanol–water partition coefficient (Wildman–Crippen LogP) is -0.700. The van der Waals surface area contributed by atoms with E-state index in [0.29, 0.717) is 13.2 Å². The van der Waals surface area contributed by atoms with Crippen molar-refractivity contribution >= 4 is 0 Å². The SMILES string of the molecule is COC1(OC)CN(CCOCCO)C1. The molecule has 1 aliphatic heterocycles. The third kappa shape index (κ3) is 2.90. The van der Waals surface area contributed by atoms with Gasteiger partial charge in [0.15, 0.2) is 5.79 Å². The maximum Gasteiger partial charge on any atom is 0.193 e. The minimum absolute atomic E-state index is 0.0834. The van der Waals surface area contributed by atoms with E-state index in [9.17, 15) is 0 Å². The summed E-state index contributed by atoms with van der Waals surface area (Å²) in [6.45, 7) is 3.55. The Morgan fingerprint density at radius 2 is 1.86 bits per heavy atom. The zero-order chi connectivity index (χ0) is 10.4. The number of rotatable bonds is 7. The van der Waals surface area contributed by atoms with Crippen molar-refractivity contribution in [2.75, 3.05) is 53.7 Å². The van der Waals surface area contributed by atoms with Crippen molar-refractivity contribution in [2.24, 2.45) is 0 Å². The molecule has 84 valence electrons. The van der Waals surface area contributed by atoms with Gasteiger partial charge in [0.05, 0.1) is 32.9 Å². The zero-order valence-corrected chi connectivity index (χ0v) is 8.86. The maximum atomic E-state index is 8.48. The molecule has 1 fully saturated rings. The average molecular weight is 205 g/mol. The standard InChI is InChI=1S/C9H19NO4/c1-12-9(13-2)7-10(8-9)3-5-14-6-4-11/h11H,3-8H2,1-2H3. The third-order valence-electron chi connectivity index (χ3n) is 2.46. The van der Waals surface area contributed by atoms with Crippen molar-refractivity contribution in [2.45, 2.75) is 5.79 Å². The first-order valence-corrected chi connectivity index (χ1v) is 4.77. The van der Waals surface area contributed by atoms with E-state index in [1.807, 2.05) is 0 Å². The number of aliphatic hydroxyl groups is 1. The molecule has 1 heterocycles. The van der Waals surface area contributed by atoms with Gasteiger partial charge in [-0.05, 0) is 0 Å². The zero-order valence-electron chi connectivity index (χ0n) is 8.86. The van der Waals surface area contributed by atoms with Crippen LogP contribution in [-0.4, -0.2) is 69.5 Å². The molecule has 14 heavy (non-hydrogen) atoms. The lowest BCUT2D eigenvalue weighted by Crippen LogP contribution is -2.64. The van der Waals surface area contributed by atoms with Crippen LogP contribution in [0.15, 0.2) is 0 Å². The smallest absolute Gasteiger partial charge is 0.193 e. The molecule has 0 atom stereocenters. The van der Waals surface area contributed by atoms with Gasteiger partial charge < -0.3 is 19.3 Å². The molecule has 5 heteroatoms. The fraction of sp³-hybridized carbons (Fsp3) is 1.00. The predicted molar refractivity (Wildman–Crippen MR) is 51.1 cm³/mol. The van der Waals surface area contributed by atoms with Gasteiger partial charge in [0, 0.05) is 20.8 Å². The Balaban J connectivity index is 2.03. The van der Waals surface area contributed by atoms with Gasteiger partial charge in [-0.1, -0.05) is 0 Å². The van der Waals surface area contributed by atoms with Crippen LogP contribution in [0.1, 0.15) is 0 Å². The second-order valence-electron chi connectivity index (χ2n) is 3.37. The highest BCUT2D eigenvalue weighted by Crippen LogP contribution is 2.24. The molecule has 0 spiro atoms. The van der Waals surface area contributed by atoms with Crippen molar-refractivity contribution in [3.8, 4) is 0 Å². The lowest BCUT2D eigenvalue weighted by atomic mass is 10.1. The first-order valence-electron chi connectivity index (χ1n) is 4.77. The molecule has 1 N–H and O–H groups in total. The molecule has 0 unspecified atom stereocenters. The minimum Gasteiger partial charge on any atom is -0.394 e. The summed E-state index contributed by atoms with van der Waals surface area (Å²) in [7, 11) is 3.31. The Labute approximate surface area is 84.5 Å². The molecule has 0 amide bonds. The van der Waals surface area contributed by atoms with E-state index >= 15 is 0 Å². The van der Waals surface area contributed by atoms with Crippen molar-refractivity contribution in [1.29, 1.82) is 0 Å². The largest absolute Gasteiger partial charge is 0.394 e. The van der Waals surface area contributed by atoms with E-state index < -0.39 is 5.79 Å². The number of ether oxygens (including phenoxy) is 3. The molecule has 0 aromatic carbocycles. The van der Waals surface area contributed by atoms with Gasteiger partial charge in [0.1, 0.15) is 0 Å². The van der Waals surface area contributed by atoms with Gasteiger partial charge >= 0.3 is 0 Å². The van der Waals surface area contributed by atoms with E-state index in [4.69, 9.17) is 19.3 Å². The molecule has 1 aliphatic rings. The monoisotopic (exact) mass is 205 g/mol. The van der Waals surface area contributed by atoms with Crippen LogP contribution in [0.25, 0.3) is 0 Å². The molecular weight excluding hydrogens is 186 g/mol. The van der Waals surface area contributed by atoms with E-state index in [1.54, 1.807) is 14.2 Å². The molecule has 0 aromatic rings. The number of nitrogens with zero attached hydrogens (tertiary/aromatic N) is 1. The summed E-state index contributed by atoms with van der Waals surface area (Å²) in [5, 5.41) is 8.48. The number of methoxy groups -OCH3 is 2. The van der Waals surface area contributed by atoms with Crippen molar-refractivity contribution in [1.82, 2.24) is 4.90 Å². The molecule has 1 rings (SSSR count). The second-order valence-corrected chi connectivity index (χ2v) is 3.37. The lowest BCUT2D eigenvalue weighted by molar-refractivity contribution is -0.276. The average Bonchev–Trinajstić information content (AvgIpc) is 2.16. The molecule has 0 radical (unpaired) electrons. The summed E-state index contributed by atoms with van der Waals surface area (Å²) in [5.74, 6) is -0.406. The van der Waals surface area contributed by atoms with Gasteiger partial charge in [0.2, 0.25) is 0 Å². The van der Waals surface area contributed by atoms with Crippen LogP contribution in [0.5, 0.6) is 0 Å². The fourth-order valence-electron chi connectivity index (χ4n) is 1.49. The number of aliphatic hydroxyl groups excluding tert-OH is 1. The van der Waals surface area contributed by atoms with E-state index in [-0.39, 0.29) is 6.61 Å². The van der Waals surface area contributed by atoms with Gasteiger partial charge in [-0.15, -0.1) is 0 Å². The fourth-order valence-corrected chi connectivity index (χ4v) is 1.49. The highest BCUT2D eigenvalue weighted by Gasteiger charge is 2.43. The van der Waals surface area contributed by atoms with E-state index in [1.165, 1.54) is 0 Å². The summed E-state index contributed by atoms with van der Waals surface area (Å²) in [6.07, 6.45) is 0. The normalized spacial score (nSPS) is 20.8. The van der Waals surface area contributed by atoms with Crippen LogP contribution in [0.3, 0.4) is 0 Å². The first kappa shape index (κ1) is 11.9. The third-order valence-corrected chi connectivity index (χ3v) is 2.46. The molecule has 5 nitrogen and oxygen atoms in total. The van der Waals surface area contributed by atoms with Crippen LogP contribution in [0.2, 0.25) is 0 Å². The van der Waals surface area contributed by atoms with Crippen LogP contribution in [0, 0.1) is 0 Å². The summed E-state index contributed by atoms with van der Waals surface area (Å²) in [5.41, 5.74) is 0.